The second-order valence-corrected chi connectivity index (χ2v) is 6.83. The fourth-order valence-corrected chi connectivity index (χ4v) is 3.61. The summed E-state index contributed by atoms with van der Waals surface area (Å²) in [5, 5.41) is 8.36. The number of hydrogen-bond acceptors (Lipinski definition) is 3. The van der Waals surface area contributed by atoms with Gasteiger partial charge in [0.15, 0.2) is 16.6 Å². The Labute approximate surface area is 171 Å². The average molecular weight is 398 g/mol. The molecule has 3 N–H and O–H groups in total. The zero-order valence-corrected chi connectivity index (χ0v) is 17.4. The molecule has 0 aliphatic rings. The molecule has 0 spiro atoms. The number of thiocarbonyl (C=S) groups is 1. The number of para-hydroxylation sites is 1. The lowest BCUT2D eigenvalue weighted by Gasteiger charge is -2.21. The smallest absolute Gasteiger partial charge is 0.166 e. The maximum absolute atomic E-state index is 5.68. The van der Waals surface area contributed by atoms with E-state index in [2.05, 4.69) is 52.1 Å². The van der Waals surface area contributed by atoms with E-state index < -0.39 is 0 Å². The van der Waals surface area contributed by atoms with Crippen LogP contribution in [-0.2, 0) is 0 Å². The Bertz CT molecular complexity index is 938. The van der Waals surface area contributed by atoms with Gasteiger partial charge in [-0.05, 0) is 55.4 Å². The van der Waals surface area contributed by atoms with E-state index in [0.29, 0.717) is 18.3 Å². The highest BCUT2D eigenvalue weighted by Gasteiger charge is 2.20. The Balaban J connectivity index is 1.99. The number of benzene rings is 2. The van der Waals surface area contributed by atoms with Crippen LogP contribution >= 0.6 is 12.2 Å². The number of rotatable bonds is 8. The first-order valence-corrected chi connectivity index (χ1v) is 9.97. The third kappa shape index (κ3) is 4.39. The molecule has 6 heteroatoms. The van der Waals surface area contributed by atoms with Crippen molar-refractivity contribution in [1.82, 2.24) is 15.6 Å². The second kappa shape index (κ2) is 9.46. The van der Waals surface area contributed by atoms with Gasteiger partial charge in [-0.25, -0.2) is 0 Å². The quantitative estimate of drug-likeness (QED) is 0.498. The molecule has 2 aromatic carbocycles. The lowest BCUT2D eigenvalue weighted by Crippen LogP contribution is -2.37. The van der Waals surface area contributed by atoms with Crippen LogP contribution in [0.4, 0.5) is 0 Å². The van der Waals surface area contributed by atoms with Crippen molar-refractivity contribution in [2.24, 2.45) is 0 Å². The highest BCUT2D eigenvalue weighted by atomic mass is 32.1. The normalized spacial score (nSPS) is 11.8. The Morgan fingerprint density at radius 3 is 2.68 bits per heavy atom. The average Bonchev–Trinajstić information content (AvgIpc) is 3.13. The van der Waals surface area contributed by atoms with Crippen LogP contribution in [0.1, 0.15) is 30.9 Å². The molecule has 0 radical (unpaired) electrons. The first-order chi connectivity index (χ1) is 13.7. The van der Waals surface area contributed by atoms with Gasteiger partial charge in [0.05, 0.1) is 13.7 Å². The maximum Gasteiger partial charge on any atom is 0.166 e. The van der Waals surface area contributed by atoms with E-state index in [1.165, 1.54) is 10.9 Å². The number of ether oxygens (including phenoxy) is 2. The van der Waals surface area contributed by atoms with Gasteiger partial charge in [0.2, 0.25) is 0 Å². The number of H-pyrrole nitrogens is 1. The van der Waals surface area contributed by atoms with Gasteiger partial charge in [0, 0.05) is 36.1 Å². The molecule has 0 fully saturated rings. The maximum atomic E-state index is 5.68. The molecule has 0 aliphatic heterocycles. The number of fused-ring (bicyclic) bond motifs is 1. The lowest BCUT2D eigenvalue weighted by atomic mass is 9.90. The molecule has 0 saturated carbocycles. The molecule has 0 saturated heterocycles. The van der Waals surface area contributed by atoms with Crippen molar-refractivity contribution >= 4 is 28.2 Å². The number of methoxy groups -OCH3 is 1. The summed E-state index contributed by atoms with van der Waals surface area (Å²) in [6, 6.07) is 14.5. The molecule has 28 heavy (non-hydrogen) atoms. The fourth-order valence-electron chi connectivity index (χ4n) is 3.38. The zero-order chi connectivity index (χ0) is 19.9. The van der Waals surface area contributed by atoms with Gasteiger partial charge in [-0.1, -0.05) is 24.3 Å². The molecule has 0 bridgehead atoms. The van der Waals surface area contributed by atoms with E-state index in [1.807, 2.05) is 26.0 Å². The molecule has 148 valence electrons. The van der Waals surface area contributed by atoms with Gasteiger partial charge in [0.25, 0.3) is 0 Å². The first kappa shape index (κ1) is 20.0. The monoisotopic (exact) mass is 397 g/mol. The van der Waals surface area contributed by atoms with Crippen molar-refractivity contribution in [2.45, 2.75) is 19.8 Å². The van der Waals surface area contributed by atoms with Crippen LogP contribution in [0.3, 0.4) is 0 Å². The number of nitrogens with one attached hydrogen (secondary N) is 3. The minimum absolute atomic E-state index is 0.0948. The molecule has 0 unspecified atom stereocenters. The summed E-state index contributed by atoms with van der Waals surface area (Å²) >= 11 is 5.38. The molecule has 3 rings (SSSR count). The van der Waals surface area contributed by atoms with E-state index in [-0.39, 0.29) is 5.92 Å². The van der Waals surface area contributed by atoms with Gasteiger partial charge in [-0.15, -0.1) is 0 Å². The van der Waals surface area contributed by atoms with Gasteiger partial charge < -0.3 is 25.1 Å². The lowest BCUT2D eigenvalue weighted by molar-refractivity contribution is 0.310. The molecule has 3 aromatic rings. The van der Waals surface area contributed by atoms with Gasteiger partial charge in [-0.3, -0.25) is 0 Å². The van der Waals surface area contributed by atoms with Crippen molar-refractivity contribution in [3.8, 4) is 11.5 Å². The van der Waals surface area contributed by atoms with Crippen LogP contribution in [0.15, 0.2) is 48.7 Å². The minimum atomic E-state index is 0.0948. The van der Waals surface area contributed by atoms with Crippen molar-refractivity contribution in [3.63, 3.8) is 0 Å². The number of hydrogen-bond donors (Lipinski definition) is 3. The van der Waals surface area contributed by atoms with Crippen LogP contribution in [0.25, 0.3) is 10.9 Å². The summed E-state index contributed by atoms with van der Waals surface area (Å²) in [6.07, 6.45) is 2.08. The van der Waals surface area contributed by atoms with Crippen molar-refractivity contribution in [1.29, 1.82) is 0 Å². The van der Waals surface area contributed by atoms with Crippen LogP contribution in [0.5, 0.6) is 11.5 Å². The van der Waals surface area contributed by atoms with E-state index in [0.717, 1.165) is 29.1 Å². The third-order valence-electron chi connectivity index (χ3n) is 4.69. The Hall–Kier alpha value is -2.73. The number of aromatic nitrogens is 1. The molecule has 1 heterocycles. The summed E-state index contributed by atoms with van der Waals surface area (Å²) in [6.45, 7) is 6.06. The molecule has 1 aromatic heterocycles. The summed E-state index contributed by atoms with van der Waals surface area (Å²) in [5.41, 5.74) is 3.47. The van der Waals surface area contributed by atoms with Gasteiger partial charge >= 0.3 is 0 Å². The van der Waals surface area contributed by atoms with Crippen LogP contribution in [-0.4, -0.2) is 36.9 Å². The van der Waals surface area contributed by atoms with E-state index in [9.17, 15) is 0 Å². The first-order valence-electron chi connectivity index (χ1n) is 9.56. The standard InChI is InChI=1S/C22H27N3O2S/c1-4-23-22(28)25-13-17(18-14-24-19-9-7-6-8-16(18)19)15-10-11-20(27-5-2)21(12-15)26-3/h6-12,14,17,24H,4-5,13H2,1-3H3,(H2,23,25,28)/t17-/m0/s1. The fraction of sp³-hybridized carbons (Fsp3) is 0.318. The minimum Gasteiger partial charge on any atom is -0.493 e. The predicted octanol–water partition coefficient (Wildman–Crippen LogP) is 4.19. The largest absolute Gasteiger partial charge is 0.493 e. The zero-order valence-electron chi connectivity index (χ0n) is 16.5. The summed E-state index contributed by atoms with van der Waals surface area (Å²) in [5.74, 6) is 1.58. The number of aromatic amines is 1. The van der Waals surface area contributed by atoms with Crippen molar-refractivity contribution in [3.05, 3.63) is 59.8 Å². The molecule has 5 nitrogen and oxygen atoms in total. The van der Waals surface area contributed by atoms with Crippen LogP contribution < -0.4 is 20.1 Å². The molecule has 0 aliphatic carbocycles. The van der Waals surface area contributed by atoms with E-state index in [4.69, 9.17) is 21.7 Å². The second-order valence-electron chi connectivity index (χ2n) is 6.43. The van der Waals surface area contributed by atoms with E-state index >= 15 is 0 Å². The van der Waals surface area contributed by atoms with Crippen molar-refractivity contribution in [2.75, 3.05) is 26.8 Å². The SMILES string of the molecule is CCNC(=S)NC[C@@H](c1ccc(OCC)c(OC)c1)c1c[nH]c2ccccc12. The van der Waals surface area contributed by atoms with Crippen molar-refractivity contribution < 1.29 is 9.47 Å². The predicted molar refractivity (Wildman–Crippen MR) is 119 cm³/mol. The summed E-state index contributed by atoms with van der Waals surface area (Å²) in [4.78, 5) is 3.38. The van der Waals surface area contributed by atoms with Crippen LogP contribution in [0, 0.1) is 0 Å². The third-order valence-corrected chi connectivity index (χ3v) is 4.98. The molecular formula is C22H27N3O2S. The van der Waals surface area contributed by atoms with Gasteiger partial charge in [0.1, 0.15) is 0 Å². The highest BCUT2D eigenvalue weighted by Crippen LogP contribution is 2.35. The highest BCUT2D eigenvalue weighted by molar-refractivity contribution is 7.80. The Morgan fingerprint density at radius 1 is 1.11 bits per heavy atom. The molecule has 0 amide bonds. The molecular weight excluding hydrogens is 370 g/mol. The Kier molecular flexibility index (Phi) is 6.76. The van der Waals surface area contributed by atoms with Crippen LogP contribution in [0.2, 0.25) is 0 Å². The topological polar surface area (TPSA) is 58.3 Å². The van der Waals surface area contributed by atoms with E-state index in [1.54, 1.807) is 7.11 Å². The Morgan fingerprint density at radius 2 is 1.93 bits per heavy atom. The summed E-state index contributed by atoms with van der Waals surface area (Å²) in [7, 11) is 1.67. The summed E-state index contributed by atoms with van der Waals surface area (Å²) < 4.78 is 11.2. The molecule has 1 atom stereocenters. The van der Waals surface area contributed by atoms with Gasteiger partial charge in [-0.2, -0.15) is 0 Å².